The van der Waals surface area contributed by atoms with Crippen molar-refractivity contribution in [1.82, 2.24) is 18.8 Å². The number of carbonyl (C=O) groups is 1. The summed E-state index contributed by atoms with van der Waals surface area (Å²) in [5.41, 5.74) is 1.68. The molecule has 1 aromatic carbocycles. The van der Waals surface area contributed by atoms with E-state index >= 15 is 0 Å². The van der Waals surface area contributed by atoms with Crippen molar-refractivity contribution in [2.24, 2.45) is 0 Å². The van der Waals surface area contributed by atoms with Gasteiger partial charge >= 0.3 is 6.18 Å². The standard InChI is InChI=1S/C23H23F3N4O3S/c1-16-14-19(17(2)30(16)18-6-5-9-27-15-18)22(31)28-10-12-29(13-11-28)34(32,33)21-8-4-3-7-20(21)23(24,25)26/h3-9,14-15H,10-13H2,1-2H3. The van der Waals surface area contributed by atoms with Crippen molar-refractivity contribution in [2.45, 2.75) is 24.9 Å². The molecule has 0 bridgehead atoms. The number of pyridine rings is 1. The molecule has 0 unspecified atom stereocenters. The molecular formula is C23H23F3N4O3S. The second-order valence-corrected chi connectivity index (χ2v) is 9.93. The van der Waals surface area contributed by atoms with Crippen molar-refractivity contribution in [3.05, 3.63) is 77.4 Å². The van der Waals surface area contributed by atoms with E-state index in [0.717, 1.165) is 39.6 Å². The number of nitrogens with zero attached hydrogens (tertiary/aromatic N) is 4. The van der Waals surface area contributed by atoms with Gasteiger partial charge in [0.2, 0.25) is 10.0 Å². The summed E-state index contributed by atoms with van der Waals surface area (Å²) in [4.78, 5) is 18.1. The van der Waals surface area contributed by atoms with Gasteiger partial charge in [0.05, 0.1) is 27.9 Å². The van der Waals surface area contributed by atoms with Gasteiger partial charge in [0, 0.05) is 43.8 Å². The Kier molecular flexibility index (Phi) is 6.26. The molecule has 0 aliphatic carbocycles. The molecule has 4 rings (SSSR count). The van der Waals surface area contributed by atoms with Crippen LogP contribution in [0.5, 0.6) is 0 Å². The maximum Gasteiger partial charge on any atom is 0.417 e. The molecule has 1 aliphatic rings. The van der Waals surface area contributed by atoms with Crippen LogP contribution in [0.1, 0.15) is 27.3 Å². The minimum Gasteiger partial charge on any atom is -0.336 e. The third-order valence-electron chi connectivity index (χ3n) is 5.90. The highest BCUT2D eigenvalue weighted by molar-refractivity contribution is 7.89. The molecule has 1 aliphatic heterocycles. The average Bonchev–Trinajstić information content (AvgIpc) is 3.12. The maximum atomic E-state index is 13.4. The van der Waals surface area contributed by atoms with Gasteiger partial charge in [-0.2, -0.15) is 17.5 Å². The Balaban J connectivity index is 1.53. The number of hydrogen-bond donors (Lipinski definition) is 0. The second-order valence-electron chi connectivity index (χ2n) is 8.02. The van der Waals surface area contributed by atoms with E-state index in [1.165, 1.54) is 11.0 Å². The van der Waals surface area contributed by atoms with Crippen molar-refractivity contribution in [3.63, 3.8) is 0 Å². The number of amides is 1. The number of halogens is 3. The molecule has 2 aromatic heterocycles. The average molecular weight is 493 g/mol. The maximum absolute atomic E-state index is 13.4. The van der Waals surface area contributed by atoms with Crippen LogP contribution < -0.4 is 0 Å². The van der Waals surface area contributed by atoms with Crippen molar-refractivity contribution in [1.29, 1.82) is 0 Å². The van der Waals surface area contributed by atoms with Crippen molar-refractivity contribution in [3.8, 4) is 5.69 Å². The quantitative estimate of drug-likeness (QED) is 0.557. The largest absolute Gasteiger partial charge is 0.417 e. The highest BCUT2D eigenvalue weighted by atomic mass is 32.2. The molecular weight excluding hydrogens is 469 g/mol. The highest BCUT2D eigenvalue weighted by Crippen LogP contribution is 2.35. The summed E-state index contributed by atoms with van der Waals surface area (Å²) in [6.07, 6.45) is -1.45. The van der Waals surface area contributed by atoms with Crippen LogP contribution in [0.2, 0.25) is 0 Å². The Bertz CT molecular complexity index is 1310. The molecule has 7 nitrogen and oxygen atoms in total. The molecule has 180 valence electrons. The van der Waals surface area contributed by atoms with Crippen LogP contribution >= 0.6 is 0 Å². The predicted octanol–water partition coefficient (Wildman–Crippen LogP) is 3.65. The Morgan fingerprint density at radius 1 is 1.00 bits per heavy atom. The lowest BCUT2D eigenvalue weighted by atomic mass is 10.2. The summed E-state index contributed by atoms with van der Waals surface area (Å²) in [6.45, 7) is 3.65. The first-order chi connectivity index (χ1) is 16.0. The van der Waals surface area contributed by atoms with Crippen LogP contribution in [0.4, 0.5) is 13.2 Å². The Hall–Kier alpha value is -3.18. The number of rotatable bonds is 4. The summed E-state index contributed by atoms with van der Waals surface area (Å²) in [5, 5.41) is 0. The number of alkyl halides is 3. The lowest BCUT2D eigenvalue weighted by Crippen LogP contribution is -2.50. The van der Waals surface area contributed by atoms with Crippen LogP contribution in [0.25, 0.3) is 5.69 Å². The van der Waals surface area contributed by atoms with Crippen LogP contribution in [0.3, 0.4) is 0 Å². The van der Waals surface area contributed by atoms with E-state index in [1.54, 1.807) is 24.5 Å². The molecule has 34 heavy (non-hydrogen) atoms. The molecule has 3 heterocycles. The Morgan fingerprint density at radius 3 is 2.29 bits per heavy atom. The van der Waals surface area contributed by atoms with Gasteiger partial charge in [-0.1, -0.05) is 12.1 Å². The summed E-state index contributed by atoms with van der Waals surface area (Å²) < 4.78 is 68.9. The van der Waals surface area contributed by atoms with Gasteiger partial charge in [-0.3, -0.25) is 9.78 Å². The SMILES string of the molecule is Cc1cc(C(=O)N2CCN(S(=O)(=O)c3ccccc3C(F)(F)F)CC2)c(C)n1-c1cccnc1. The zero-order valence-electron chi connectivity index (χ0n) is 18.6. The summed E-state index contributed by atoms with van der Waals surface area (Å²) in [7, 11) is -4.37. The van der Waals surface area contributed by atoms with E-state index in [2.05, 4.69) is 4.98 Å². The van der Waals surface area contributed by atoms with Gasteiger partial charge in [0.1, 0.15) is 0 Å². The fourth-order valence-electron chi connectivity index (χ4n) is 4.23. The van der Waals surface area contributed by atoms with E-state index < -0.39 is 26.7 Å². The molecule has 0 saturated carbocycles. The number of sulfonamides is 1. The smallest absolute Gasteiger partial charge is 0.336 e. The molecule has 0 radical (unpaired) electrons. The van der Waals surface area contributed by atoms with Gasteiger partial charge in [-0.15, -0.1) is 0 Å². The van der Waals surface area contributed by atoms with Gasteiger partial charge in [0.25, 0.3) is 5.91 Å². The van der Waals surface area contributed by atoms with Crippen LogP contribution in [0.15, 0.2) is 59.8 Å². The Labute approximate surface area is 195 Å². The number of benzene rings is 1. The fourth-order valence-corrected chi connectivity index (χ4v) is 5.86. The molecule has 0 atom stereocenters. The molecule has 11 heteroatoms. The molecule has 0 N–H and O–H groups in total. The molecule has 3 aromatic rings. The summed E-state index contributed by atoms with van der Waals surface area (Å²) >= 11 is 0. The molecule has 1 fully saturated rings. The minimum atomic E-state index is -4.79. The monoisotopic (exact) mass is 492 g/mol. The zero-order valence-corrected chi connectivity index (χ0v) is 19.4. The number of piperazine rings is 1. The number of hydrogen-bond acceptors (Lipinski definition) is 4. The van der Waals surface area contributed by atoms with E-state index in [-0.39, 0.29) is 32.1 Å². The summed E-state index contributed by atoms with van der Waals surface area (Å²) in [5.74, 6) is -0.254. The zero-order chi connectivity index (χ0) is 24.7. The third kappa shape index (κ3) is 4.32. The lowest BCUT2D eigenvalue weighted by Gasteiger charge is -2.34. The molecule has 1 saturated heterocycles. The van der Waals surface area contributed by atoms with Gasteiger partial charge < -0.3 is 9.47 Å². The van der Waals surface area contributed by atoms with Crippen LogP contribution in [-0.2, 0) is 16.2 Å². The number of aromatic nitrogens is 2. The van der Waals surface area contributed by atoms with E-state index in [0.29, 0.717) is 5.56 Å². The van der Waals surface area contributed by atoms with Crippen molar-refractivity contribution in [2.75, 3.05) is 26.2 Å². The predicted molar refractivity (Wildman–Crippen MR) is 119 cm³/mol. The van der Waals surface area contributed by atoms with Crippen molar-refractivity contribution < 1.29 is 26.4 Å². The second kappa shape index (κ2) is 8.88. The first-order valence-corrected chi connectivity index (χ1v) is 12.0. The minimum absolute atomic E-state index is 0.0722. The Morgan fingerprint density at radius 2 is 1.68 bits per heavy atom. The van der Waals surface area contributed by atoms with E-state index in [1.807, 2.05) is 24.5 Å². The van der Waals surface area contributed by atoms with Crippen molar-refractivity contribution >= 4 is 15.9 Å². The normalized spacial score (nSPS) is 15.5. The van der Waals surface area contributed by atoms with E-state index in [9.17, 15) is 26.4 Å². The fraction of sp³-hybridized carbons (Fsp3) is 0.304. The third-order valence-corrected chi connectivity index (χ3v) is 7.86. The highest BCUT2D eigenvalue weighted by Gasteiger charge is 2.40. The number of carbonyl (C=O) groups excluding carboxylic acids is 1. The lowest BCUT2D eigenvalue weighted by molar-refractivity contribution is -0.139. The first kappa shape index (κ1) is 24.0. The molecule has 1 amide bonds. The van der Waals surface area contributed by atoms with Crippen LogP contribution in [0, 0.1) is 13.8 Å². The van der Waals surface area contributed by atoms with Gasteiger partial charge in [-0.05, 0) is 44.2 Å². The molecule has 0 spiro atoms. The van der Waals surface area contributed by atoms with E-state index in [4.69, 9.17) is 0 Å². The van der Waals surface area contributed by atoms with Gasteiger partial charge in [-0.25, -0.2) is 8.42 Å². The summed E-state index contributed by atoms with van der Waals surface area (Å²) in [6, 6.07) is 9.58. The van der Waals surface area contributed by atoms with Crippen LogP contribution in [-0.4, -0.2) is 59.3 Å². The topological polar surface area (TPSA) is 75.5 Å². The first-order valence-electron chi connectivity index (χ1n) is 10.6. The van der Waals surface area contributed by atoms with Gasteiger partial charge in [0.15, 0.2) is 0 Å². The number of aryl methyl sites for hydroxylation is 1.